The summed E-state index contributed by atoms with van der Waals surface area (Å²) in [4.78, 5) is 12.9. The van der Waals surface area contributed by atoms with Gasteiger partial charge in [0, 0.05) is 18.5 Å². The quantitative estimate of drug-likeness (QED) is 0.604. The Morgan fingerprint density at radius 2 is 1.78 bits per heavy atom. The second-order valence-corrected chi connectivity index (χ2v) is 6.76. The maximum absolute atomic E-state index is 12.9. The Kier molecular flexibility index (Phi) is 4.24. The lowest BCUT2D eigenvalue weighted by molar-refractivity contribution is 0.102. The number of nitrogens with one attached hydrogen (secondary N) is 1. The van der Waals surface area contributed by atoms with Crippen molar-refractivity contribution in [1.29, 1.82) is 0 Å². The van der Waals surface area contributed by atoms with Gasteiger partial charge in [-0.3, -0.25) is 14.2 Å². The van der Waals surface area contributed by atoms with Crippen molar-refractivity contribution in [3.05, 3.63) is 77.1 Å². The second-order valence-electron chi connectivity index (χ2n) is 6.76. The third-order valence-corrected chi connectivity index (χ3v) is 4.57. The van der Waals surface area contributed by atoms with Gasteiger partial charge >= 0.3 is 0 Å². The van der Waals surface area contributed by atoms with Gasteiger partial charge in [0.15, 0.2) is 5.69 Å². The molecule has 4 rings (SSSR count). The number of anilines is 1. The number of amides is 1. The fourth-order valence-corrected chi connectivity index (χ4v) is 3.19. The Labute approximate surface area is 157 Å². The molecule has 0 bridgehead atoms. The largest absolute Gasteiger partial charge is 0.305 e. The molecule has 0 saturated heterocycles. The molecule has 1 amide bonds. The predicted octanol–water partition coefficient (Wildman–Crippen LogP) is 3.69. The normalized spacial score (nSPS) is 11.1. The van der Waals surface area contributed by atoms with Crippen LogP contribution in [0, 0.1) is 13.8 Å². The molecule has 0 aliphatic carbocycles. The van der Waals surface area contributed by atoms with Gasteiger partial charge in [0.25, 0.3) is 5.91 Å². The molecule has 0 aliphatic rings. The van der Waals surface area contributed by atoms with Gasteiger partial charge in [-0.2, -0.15) is 10.2 Å². The SMILES string of the molecule is Cc1ccc(Cn2nc(C(=O)Nc3cc(C)nn3C)c3ccccc32)cc1. The fraction of sp³-hybridized carbons (Fsp3) is 0.190. The number of carbonyl (C=O) groups excluding carboxylic acids is 1. The van der Waals surface area contributed by atoms with Crippen LogP contribution in [0.1, 0.15) is 27.3 Å². The van der Waals surface area contributed by atoms with Gasteiger partial charge in [0.05, 0.1) is 17.8 Å². The summed E-state index contributed by atoms with van der Waals surface area (Å²) in [5.74, 6) is 0.409. The van der Waals surface area contributed by atoms with Gasteiger partial charge in [-0.15, -0.1) is 0 Å². The minimum Gasteiger partial charge on any atom is -0.305 e. The van der Waals surface area contributed by atoms with Crippen LogP contribution < -0.4 is 5.32 Å². The standard InChI is InChI=1S/C21H21N5O/c1-14-8-10-16(11-9-14)13-26-18-7-5-4-6-17(18)20(24-26)21(27)22-19-12-15(2)23-25(19)3/h4-12H,13H2,1-3H3,(H,22,27). The molecular formula is C21H21N5O. The number of para-hydroxylation sites is 1. The molecule has 0 saturated carbocycles. The zero-order valence-electron chi connectivity index (χ0n) is 15.6. The highest BCUT2D eigenvalue weighted by molar-refractivity contribution is 6.11. The molecule has 4 aromatic rings. The fourth-order valence-electron chi connectivity index (χ4n) is 3.19. The first kappa shape index (κ1) is 17.0. The highest BCUT2D eigenvalue weighted by atomic mass is 16.2. The summed E-state index contributed by atoms with van der Waals surface area (Å²) >= 11 is 0. The molecule has 0 radical (unpaired) electrons. The molecule has 1 N–H and O–H groups in total. The molecule has 0 aliphatic heterocycles. The lowest BCUT2D eigenvalue weighted by Crippen LogP contribution is -2.16. The molecule has 0 atom stereocenters. The molecule has 27 heavy (non-hydrogen) atoms. The molecule has 2 aromatic carbocycles. The molecule has 2 heterocycles. The van der Waals surface area contributed by atoms with E-state index in [9.17, 15) is 4.79 Å². The van der Waals surface area contributed by atoms with Crippen molar-refractivity contribution >= 4 is 22.6 Å². The number of hydrogen-bond acceptors (Lipinski definition) is 3. The van der Waals surface area contributed by atoms with Crippen LogP contribution in [0.3, 0.4) is 0 Å². The number of carbonyl (C=O) groups is 1. The molecule has 0 unspecified atom stereocenters. The van der Waals surface area contributed by atoms with Crippen molar-refractivity contribution in [2.45, 2.75) is 20.4 Å². The Morgan fingerprint density at radius 3 is 2.48 bits per heavy atom. The van der Waals surface area contributed by atoms with E-state index in [4.69, 9.17) is 0 Å². The highest BCUT2D eigenvalue weighted by Gasteiger charge is 2.18. The Hall–Kier alpha value is -3.41. The van der Waals surface area contributed by atoms with Crippen LogP contribution in [0.5, 0.6) is 0 Å². The van der Waals surface area contributed by atoms with Gasteiger partial charge in [0.1, 0.15) is 5.82 Å². The highest BCUT2D eigenvalue weighted by Crippen LogP contribution is 2.21. The van der Waals surface area contributed by atoms with E-state index in [-0.39, 0.29) is 5.91 Å². The van der Waals surface area contributed by atoms with Gasteiger partial charge in [-0.1, -0.05) is 48.0 Å². The van der Waals surface area contributed by atoms with Gasteiger partial charge in [-0.25, -0.2) is 0 Å². The Bertz CT molecular complexity index is 1120. The summed E-state index contributed by atoms with van der Waals surface area (Å²) in [5, 5.41) is 12.6. The van der Waals surface area contributed by atoms with Crippen molar-refractivity contribution < 1.29 is 4.79 Å². The number of nitrogens with zero attached hydrogens (tertiary/aromatic N) is 4. The van der Waals surface area contributed by atoms with Crippen molar-refractivity contribution in [2.75, 3.05) is 5.32 Å². The summed E-state index contributed by atoms with van der Waals surface area (Å²) in [5.41, 5.74) is 4.56. The van der Waals surface area contributed by atoms with Crippen molar-refractivity contribution in [3.8, 4) is 0 Å². The van der Waals surface area contributed by atoms with E-state index in [2.05, 4.69) is 46.7 Å². The van der Waals surface area contributed by atoms with E-state index < -0.39 is 0 Å². The maximum Gasteiger partial charge on any atom is 0.277 e. The maximum atomic E-state index is 12.9. The summed E-state index contributed by atoms with van der Waals surface area (Å²) in [6, 6.07) is 18.0. The zero-order valence-corrected chi connectivity index (χ0v) is 15.6. The zero-order chi connectivity index (χ0) is 19.0. The van der Waals surface area contributed by atoms with E-state index in [1.54, 1.807) is 11.7 Å². The minimum absolute atomic E-state index is 0.239. The Balaban J connectivity index is 1.69. The first-order valence-electron chi connectivity index (χ1n) is 8.84. The summed E-state index contributed by atoms with van der Waals surface area (Å²) in [6.07, 6.45) is 0. The van der Waals surface area contributed by atoms with Crippen LogP contribution in [-0.2, 0) is 13.6 Å². The third-order valence-electron chi connectivity index (χ3n) is 4.57. The number of benzene rings is 2. The van der Waals surface area contributed by atoms with E-state index in [1.807, 2.05) is 41.9 Å². The second kappa shape index (κ2) is 6.72. The first-order chi connectivity index (χ1) is 13.0. The number of fused-ring (bicyclic) bond motifs is 1. The molecular weight excluding hydrogens is 338 g/mol. The lowest BCUT2D eigenvalue weighted by atomic mass is 10.1. The summed E-state index contributed by atoms with van der Waals surface area (Å²) in [7, 11) is 1.80. The van der Waals surface area contributed by atoms with Crippen LogP contribution in [-0.4, -0.2) is 25.5 Å². The topological polar surface area (TPSA) is 64.7 Å². The van der Waals surface area contributed by atoms with Crippen LogP contribution in [0.4, 0.5) is 5.82 Å². The van der Waals surface area contributed by atoms with E-state index in [0.717, 1.165) is 22.2 Å². The van der Waals surface area contributed by atoms with Crippen LogP contribution in [0.2, 0.25) is 0 Å². The molecule has 0 spiro atoms. The van der Waals surface area contributed by atoms with Crippen molar-refractivity contribution in [1.82, 2.24) is 19.6 Å². The van der Waals surface area contributed by atoms with Crippen LogP contribution in [0.25, 0.3) is 10.9 Å². The van der Waals surface area contributed by atoms with Crippen molar-refractivity contribution in [2.24, 2.45) is 7.05 Å². The van der Waals surface area contributed by atoms with Gasteiger partial charge in [-0.05, 0) is 25.5 Å². The average Bonchev–Trinajstić information content (AvgIpc) is 3.17. The molecule has 0 fully saturated rings. The number of hydrogen-bond donors (Lipinski definition) is 1. The number of rotatable bonds is 4. The lowest BCUT2D eigenvalue weighted by Gasteiger charge is -2.04. The minimum atomic E-state index is -0.239. The average molecular weight is 359 g/mol. The summed E-state index contributed by atoms with van der Waals surface area (Å²) < 4.78 is 3.53. The number of aromatic nitrogens is 4. The van der Waals surface area contributed by atoms with E-state index in [0.29, 0.717) is 18.1 Å². The number of aryl methyl sites for hydroxylation is 3. The van der Waals surface area contributed by atoms with Gasteiger partial charge in [0.2, 0.25) is 0 Å². The smallest absolute Gasteiger partial charge is 0.277 e. The molecule has 2 aromatic heterocycles. The first-order valence-corrected chi connectivity index (χ1v) is 8.84. The molecule has 6 nitrogen and oxygen atoms in total. The van der Waals surface area contributed by atoms with Gasteiger partial charge < -0.3 is 5.32 Å². The van der Waals surface area contributed by atoms with E-state index >= 15 is 0 Å². The van der Waals surface area contributed by atoms with E-state index in [1.165, 1.54) is 5.56 Å². The van der Waals surface area contributed by atoms with Crippen LogP contribution in [0.15, 0.2) is 54.6 Å². The molecule has 6 heteroatoms. The van der Waals surface area contributed by atoms with Crippen LogP contribution >= 0.6 is 0 Å². The third kappa shape index (κ3) is 3.33. The monoisotopic (exact) mass is 359 g/mol. The Morgan fingerprint density at radius 1 is 1.04 bits per heavy atom. The summed E-state index contributed by atoms with van der Waals surface area (Å²) in [6.45, 7) is 4.57. The predicted molar refractivity (Wildman–Crippen MR) is 106 cm³/mol. The van der Waals surface area contributed by atoms with Crippen molar-refractivity contribution in [3.63, 3.8) is 0 Å². The molecule has 136 valence electrons.